The van der Waals surface area contributed by atoms with E-state index in [4.69, 9.17) is 33.0 Å². The van der Waals surface area contributed by atoms with Crippen molar-refractivity contribution < 1.29 is 39.0 Å². The lowest BCUT2D eigenvalue weighted by atomic mass is 9.72. The number of ether oxygens (including phenoxy) is 5. The molecule has 2 N–H and O–H groups in total. The third-order valence-corrected chi connectivity index (χ3v) is 7.33. The van der Waals surface area contributed by atoms with Crippen molar-refractivity contribution in [2.75, 3.05) is 0 Å². The molecule has 3 aliphatic heterocycles. The van der Waals surface area contributed by atoms with Crippen LogP contribution in [0.4, 0.5) is 0 Å². The van der Waals surface area contributed by atoms with Gasteiger partial charge in [-0.3, -0.25) is 0 Å². The van der Waals surface area contributed by atoms with E-state index in [0.29, 0.717) is 0 Å². The Morgan fingerprint density at radius 2 is 1.63 bits per heavy atom. The van der Waals surface area contributed by atoms with Crippen LogP contribution in [0, 0.1) is 5.92 Å². The van der Waals surface area contributed by atoms with Gasteiger partial charge in [0.1, 0.15) is 23.4 Å². The molecule has 10 heteroatoms. The van der Waals surface area contributed by atoms with Crippen molar-refractivity contribution in [3.63, 3.8) is 0 Å². The molecule has 176 valence electrons. The second-order valence-corrected chi connectivity index (χ2v) is 11.2. The van der Waals surface area contributed by atoms with Gasteiger partial charge in [0, 0.05) is 5.92 Å². The first kappa shape index (κ1) is 21.5. The summed E-state index contributed by atoms with van der Waals surface area (Å²) in [6.45, 7) is 16.5. The Kier molecular flexibility index (Phi) is 4.73. The molecule has 3 aliphatic rings. The Hall–Kier alpha value is -0.330. The van der Waals surface area contributed by atoms with Gasteiger partial charge in [-0.1, -0.05) is 20.8 Å². The largest absolute Gasteiger partial charge is 0.341 e. The van der Waals surface area contributed by atoms with E-state index >= 15 is 0 Å². The lowest BCUT2D eigenvalue weighted by Gasteiger charge is -2.57. The van der Waals surface area contributed by atoms with E-state index in [0.717, 1.165) is 0 Å². The summed E-state index contributed by atoms with van der Waals surface area (Å²) in [5.41, 5.74) is -4.75. The lowest BCUT2D eigenvalue weighted by molar-refractivity contribution is -0.392. The highest BCUT2D eigenvalue weighted by Gasteiger charge is 2.79. The predicted octanol–water partition coefficient (Wildman–Crippen LogP) is 2.58. The van der Waals surface area contributed by atoms with Gasteiger partial charge in [0.25, 0.3) is 0 Å². The Morgan fingerprint density at radius 1 is 1.07 bits per heavy atom. The average Bonchev–Trinajstić information content (AvgIpc) is 2.95. The Balaban J connectivity index is 2.36. The average molecular weight is 454 g/mol. The van der Waals surface area contributed by atoms with E-state index in [-0.39, 0.29) is 12.3 Å². The van der Waals surface area contributed by atoms with Crippen molar-refractivity contribution in [2.24, 2.45) is 11.1 Å². The quantitative estimate of drug-likeness (QED) is 0.675. The molecular weight excluding hydrogens is 414 g/mol. The highest BCUT2D eigenvalue weighted by atomic mass is 32.2. The second-order valence-electron chi connectivity index (χ2n) is 10.1. The van der Waals surface area contributed by atoms with Gasteiger partial charge in [-0.2, -0.15) is 8.42 Å². The molecule has 0 spiro atoms. The summed E-state index contributed by atoms with van der Waals surface area (Å²) in [6.07, 6.45) is -4.41. The minimum absolute atomic E-state index is 0.200. The summed E-state index contributed by atoms with van der Waals surface area (Å²) >= 11 is 0. The van der Waals surface area contributed by atoms with E-state index in [1.54, 1.807) is 41.5 Å². The summed E-state index contributed by atoms with van der Waals surface area (Å²) < 4.78 is 79.8. The molecule has 3 fully saturated rings. The summed E-state index contributed by atoms with van der Waals surface area (Å²) in [4.78, 5) is 0. The topological polar surface area (TPSA) is 116 Å². The zero-order chi connectivity index (χ0) is 25.0. The predicted molar refractivity (Wildman–Crippen MR) is 108 cm³/mol. The molecule has 30 heavy (non-hydrogen) atoms. The molecule has 0 aliphatic carbocycles. The van der Waals surface area contributed by atoms with E-state index in [2.05, 4.69) is 0 Å². The second kappa shape index (κ2) is 6.60. The van der Waals surface area contributed by atoms with Crippen molar-refractivity contribution in [2.45, 2.75) is 122 Å². The Bertz CT molecular complexity index is 915. The third-order valence-electron chi connectivity index (χ3n) is 6.68. The van der Waals surface area contributed by atoms with E-state index in [1.165, 1.54) is 13.8 Å². The molecule has 6 atom stereocenters. The maximum atomic E-state index is 12.0. The normalized spacial score (nSPS) is 52.0. The first-order valence-corrected chi connectivity index (χ1v) is 11.7. The maximum Gasteiger partial charge on any atom is 0.333 e. The molecule has 3 rings (SSSR count). The fourth-order valence-corrected chi connectivity index (χ4v) is 4.74. The van der Waals surface area contributed by atoms with Gasteiger partial charge in [0.15, 0.2) is 11.6 Å². The van der Waals surface area contributed by atoms with Crippen LogP contribution in [0.1, 0.15) is 78.4 Å². The minimum Gasteiger partial charge on any atom is -0.341 e. The molecule has 0 aromatic rings. The Labute approximate surface area is 182 Å². The van der Waals surface area contributed by atoms with E-state index in [1.807, 2.05) is 13.8 Å². The highest BCUT2D eigenvalue weighted by Crippen LogP contribution is 2.61. The van der Waals surface area contributed by atoms with Crippen LogP contribution in [0.3, 0.4) is 0 Å². The molecule has 0 aromatic heterocycles. The van der Waals surface area contributed by atoms with Crippen LogP contribution in [-0.4, -0.2) is 54.7 Å². The number of nitrogens with two attached hydrogens (primary N) is 1. The monoisotopic (exact) mass is 453 g/mol. The molecular formula is C20H37NO8S. The SMILES string of the molecule is [2H][C@@]12OC(C)(C(C)C)O[C@]1(C)C(C)(C)O[C@@]1(C(C)(C)OS(N)(=O)=O)OC(C)(CC)O[C@]12[2H]. The lowest BCUT2D eigenvalue weighted by Crippen LogP contribution is -2.76. The number of rotatable bonds is 5. The van der Waals surface area contributed by atoms with Gasteiger partial charge in [-0.15, -0.1) is 0 Å². The van der Waals surface area contributed by atoms with Gasteiger partial charge in [0.05, 0.1) is 8.34 Å². The van der Waals surface area contributed by atoms with Crippen molar-refractivity contribution >= 4 is 10.3 Å². The maximum absolute atomic E-state index is 12.0. The minimum atomic E-state index is -4.51. The Morgan fingerprint density at radius 3 is 2.10 bits per heavy atom. The van der Waals surface area contributed by atoms with Crippen LogP contribution in [0.25, 0.3) is 0 Å². The van der Waals surface area contributed by atoms with Gasteiger partial charge >= 0.3 is 10.3 Å². The molecule has 0 amide bonds. The van der Waals surface area contributed by atoms with Gasteiger partial charge in [-0.05, 0) is 54.9 Å². The van der Waals surface area contributed by atoms with Crippen molar-refractivity contribution in [3.05, 3.63) is 0 Å². The van der Waals surface area contributed by atoms with Crippen LogP contribution in [0.5, 0.6) is 0 Å². The van der Waals surface area contributed by atoms with E-state index in [9.17, 15) is 11.2 Å². The molecule has 3 saturated heterocycles. The number of fused-ring (bicyclic) bond motifs is 3. The fraction of sp³-hybridized carbons (Fsp3) is 1.00. The number of hydrogen-bond donors (Lipinski definition) is 1. The van der Waals surface area contributed by atoms with Gasteiger partial charge in [0.2, 0.25) is 5.79 Å². The fourth-order valence-electron chi connectivity index (χ4n) is 4.05. The number of hydrogen-bond acceptors (Lipinski definition) is 8. The van der Waals surface area contributed by atoms with Crippen molar-refractivity contribution in [1.29, 1.82) is 0 Å². The molecule has 0 bridgehead atoms. The van der Waals surface area contributed by atoms with E-state index < -0.39 is 56.6 Å². The smallest absolute Gasteiger partial charge is 0.333 e. The standard InChI is InChI=1S/C20H37NO8S/c1-11-17(8)24-14-13-18(9,28-19(10,25-13)12(2)3)15(4,5)26-20(14,27-17)16(6,7)29-30(21,22)23/h12-14H,11H2,1-10H3,(H2,21,22,23)/t13-,14-,17?,18-,19?,20+/m0/s1/i13D,14D. The van der Waals surface area contributed by atoms with Gasteiger partial charge in [-0.25, -0.2) is 9.32 Å². The first-order valence-electron chi connectivity index (χ1n) is 11.2. The molecule has 2 unspecified atom stereocenters. The van der Waals surface area contributed by atoms with Crippen LogP contribution in [0.2, 0.25) is 0 Å². The highest BCUT2D eigenvalue weighted by molar-refractivity contribution is 7.84. The molecule has 3 heterocycles. The summed E-state index contributed by atoms with van der Waals surface area (Å²) in [5.74, 6) is -5.13. The summed E-state index contributed by atoms with van der Waals surface area (Å²) in [5, 5.41) is 5.20. The van der Waals surface area contributed by atoms with Crippen molar-refractivity contribution in [1.82, 2.24) is 0 Å². The summed E-state index contributed by atoms with van der Waals surface area (Å²) in [6, 6.07) is 0. The van der Waals surface area contributed by atoms with Gasteiger partial charge < -0.3 is 23.7 Å². The van der Waals surface area contributed by atoms with Crippen LogP contribution in [-0.2, 0) is 38.2 Å². The zero-order valence-corrected chi connectivity index (χ0v) is 20.4. The van der Waals surface area contributed by atoms with Crippen molar-refractivity contribution in [3.8, 4) is 0 Å². The molecule has 9 nitrogen and oxygen atoms in total. The summed E-state index contributed by atoms with van der Waals surface area (Å²) in [7, 11) is -4.51. The van der Waals surface area contributed by atoms with Crippen LogP contribution in [0.15, 0.2) is 0 Å². The molecule has 0 aromatic carbocycles. The first-order chi connectivity index (χ1) is 14.0. The zero-order valence-electron chi connectivity index (χ0n) is 21.5. The molecule has 0 radical (unpaired) electrons. The molecule has 0 saturated carbocycles. The third kappa shape index (κ3) is 3.35. The van der Waals surface area contributed by atoms with Crippen LogP contribution >= 0.6 is 0 Å². The van der Waals surface area contributed by atoms with Crippen LogP contribution < -0.4 is 5.14 Å².